The van der Waals surface area contributed by atoms with Gasteiger partial charge in [0, 0.05) is 11.1 Å². The highest BCUT2D eigenvalue weighted by Crippen LogP contribution is 2.21. The van der Waals surface area contributed by atoms with Crippen LogP contribution in [0.1, 0.15) is 17.6 Å². The molecule has 0 radical (unpaired) electrons. The average Bonchev–Trinajstić information content (AvgIpc) is 2.64. The number of aromatic nitrogens is 1. The Balaban J connectivity index is 2.72. The first kappa shape index (κ1) is 13.7. The molecular formula is C10H11F2NO3S. The van der Waals surface area contributed by atoms with Gasteiger partial charge in [-0.05, 0) is 13.8 Å². The number of nitrogens with zero attached hydrogens (tertiary/aromatic N) is 1. The number of hydrogen-bond acceptors (Lipinski definition) is 5. The second kappa shape index (κ2) is 5.31. The highest BCUT2D eigenvalue weighted by atomic mass is 32.1. The summed E-state index contributed by atoms with van der Waals surface area (Å²) >= 11 is 1.10. The molecule has 1 aromatic rings. The Morgan fingerprint density at radius 3 is 2.65 bits per heavy atom. The van der Waals surface area contributed by atoms with Crippen LogP contribution >= 0.6 is 11.3 Å². The van der Waals surface area contributed by atoms with E-state index in [2.05, 4.69) is 9.72 Å². The molecule has 7 heteroatoms. The minimum absolute atomic E-state index is 0.196. The average molecular weight is 263 g/mol. The molecule has 0 saturated heterocycles. The van der Waals surface area contributed by atoms with Crippen LogP contribution in [0.25, 0.3) is 0 Å². The van der Waals surface area contributed by atoms with Gasteiger partial charge in [-0.3, -0.25) is 4.79 Å². The summed E-state index contributed by atoms with van der Waals surface area (Å²) in [5, 5.41) is 1.90. The van der Waals surface area contributed by atoms with E-state index >= 15 is 0 Å². The van der Waals surface area contributed by atoms with Crippen LogP contribution < -0.4 is 0 Å². The zero-order chi connectivity index (χ0) is 13.1. The molecule has 0 amide bonds. The van der Waals surface area contributed by atoms with Gasteiger partial charge in [0.25, 0.3) is 0 Å². The van der Waals surface area contributed by atoms with E-state index in [4.69, 9.17) is 0 Å². The monoisotopic (exact) mass is 263 g/mol. The van der Waals surface area contributed by atoms with Gasteiger partial charge in [-0.15, -0.1) is 11.3 Å². The summed E-state index contributed by atoms with van der Waals surface area (Å²) in [6.07, 6.45) is -0.565. The fourth-order valence-corrected chi connectivity index (χ4v) is 1.84. The number of thiazole rings is 1. The van der Waals surface area contributed by atoms with Crippen molar-refractivity contribution in [3.63, 3.8) is 0 Å². The standard InChI is InChI=1S/C10H11F2NO3S/c1-3-16-9(15)10(11,12)7(14)4-8-13-6(2)5-17-8/h5H,3-4H2,1-2H3. The first-order chi connectivity index (χ1) is 7.87. The largest absolute Gasteiger partial charge is 0.461 e. The van der Waals surface area contributed by atoms with Crippen LogP contribution in [-0.4, -0.2) is 29.3 Å². The van der Waals surface area contributed by atoms with Crippen LogP contribution in [0.3, 0.4) is 0 Å². The molecule has 94 valence electrons. The van der Waals surface area contributed by atoms with E-state index in [0.29, 0.717) is 5.69 Å². The van der Waals surface area contributed by atoms with Gasteiger partial charge in [-0.2, -0.15) is 8.78 Å². The van der Waals surface area contributed by atoms with Crippen LogP contribution in [0.5, 0.6) is 0 Å². The summed E-state index contributed by atoms with van der Waals surface area (Å²) in [5.74, 6) is -7.40. The number of ketones is 1. The van der Waals surface area contributed by atoms with E-state index in [-0.39, 0.29) is 11.6 Å². The fraction of sp³-hybridized carbons (Fsp3) is 0.500. The predicted octanol–water partition coefficient (Wildman–Crippen LogP) is 1.76. The van der Waals surface area contributed by atoms with E-state index in [0.717, 1.165) is 11.3 Å². The minimum Gasteiger partial charge on any atom is -0.461 e. The normalized spacial score (nSPS) is 11.3. The van der Waals surface area contributed by atoms with Crippen molar-refractivity contribution >= 4 is 23.1 Å². The van der Waals surface area contributed by atoms with E-state index in [1.165, 1.54) is 6.92 Å². The number of esters is 1. The summed E-state index contributed by atoms with van der Waals surface area (Å²) < 4.78 is 30.6. The molecule has 0 aliphatic heterocycles. The Hall–Kier alpha value is -1.37. The maximum absolute atomic E-state index is 13.2. The third-order valence-electron chi connectivity index (χ3n) is 1.86. The SMILES string of the molecule is CCOC(=O)C(F)(F)C(=O)Cc1nc(C)cs1. The maximum atomic E-state index is 13.2. The molecule has 0 fully saturated rings. The van der Waals surface area contributed by atoms with Gasteiger partial charge in [0.1, 0.15) is 5.01 Å². The number of hydrogen-bond donors (Lipinski definition) is 0. The molecule has 1 heterocycles. The molecule has 0 spiro atoms. The molecule has 1 rings (SSSR count). The van der Waals surface area contributed by atoms with Gasteiger partial charge < -0.3 is 4.74 Å². The van der Waals surface area contributed by atoms with Crippen LogP contribution in [0.4, 0.5) is 8.78 Å². The summed E-state index contributed by atoms with van der Waals surface area (Å²) in [5.41, 5.74) is 0.650. The van der Waals surface area contributed by atoms with Crippen LogP contribution in [-0.2, 0) is 20.7 Å². The second-order valence-corrected chi connectivity index (χ2v) is 4.22. The van der Waals surface area contributed by atoms with Gasteiger partial charge in [-0.1, -0.05) is 0 Å². The topological polar surface area (TPSA) is 56.3 Å². The van der Waals surface area contributed by atoms with Crippen molar-refractivity contribution in [2.24, 2.45) is 0 Å². The molecule has 4 nitrogen and oxygen atoms in total. The number of ether oxygens (including phenoxy) is 1. The highest BCUT2D eigenvalue weighted by molar-refractivity contribution is 7.09. The van der Waals surface area contributed by atoms with Gasteiger partial charge in [0.2, 0.25) is 5.78 Å². The molecular weight excluding hydrogens is 252 g/mol. The van der Waals surface area contributed by atoms with E-state index in [1.54, 1.807) is 12.3 Å². The van der Waals surface area contributed by atoms with Crippen molar-refractivity contribution in [1.82, 2.24) is 4.98 Å². The molecule has 0 atom stereocenters. The number of halogens is 2. The Labute approximate surface area is 101 Å². The van der Waals surface area contributed by atoms with Gasteiger partial charge in [0.05, 0.1) is 13.0 Å². The van der Waals surface area contributed by atoms with Gasteiger partial charge in [0.15, 0.2) is 0 Å². The van der Waals surface area contributed by atoms with Crippen molar-refractivity contribution < 1.29 is 23.1 Å². The third kappa shape index (κ3) is 3.29. The molecule has 17 heavy (non-hydrogen) atoms. The summed E-state index contributed by atoms with van der Waals surface area (Å²) in [7, 11) is 0. The number of rotatable bonds is 5. The highest BCUT2D eigenvalue weighted by Gasteiger charge is 2.48. The number of carbonyl (C=O) groups excluding carboxylic acids is 2. The lowest BCUT2D eigenvalue weighted by molar-refractivity contribution is -0.176. The summed E-state index contributed by atoms with van der Waals surface area (Å²) in [6.45, 7) is 2.88. The Bertz CT molecular complexity index is 431. The van der Waals surface area contributed by atoms with Gasteiger partial charge in [-0.25, -0.2) is 9.78 Å². The number of alkyl halides is 2. The van der Waals surface area contributed by atoms with Crippen molar-refractivity contribution in [2.45, 2.75) is 26.2 Å². The quantitative estimate of drug-likeness (QED) is 0.600. The maximum Gasteiger partial charge on any atom is 0.400 e. The lowest BCUT2D eigenvalue weighted by Gasteiger charge is -2.12. The summed E-state index contributed by atoms with van der Waals surface area (Å²) in [6, 6.07) is 0. The smallest absolute Gasteiger partial charge is 0.400 e. The number of aryl methyl sites for hydroxylation is 1. The Morgan fingerprint density at radius 2 is 2.18 bits per heavy atom. The van der Waals surface area contributed by atoms with Crippen molar-refractivity contribution in [2.75, 3.05) is 6.61 Å². The van der Waals surface area contributed by atoms with Crippen molar-refractivity contribution in [3.05, 3.63) is 16.1 Å². The zero-order valence-corrected chi connectivity index (χ0v) is 10.1. The predicted molar refractivity (Wildman–Crippen MR) is 57.1 cm³/mol. The lowest BCUT2D eigenvalue weighted by atomic mass is 10.1. The third-order valence-corrected chi connectivity index (χ3v) is 2.83. The number of Topliss-reactive ketones (excluding diaryl/α,β-unsaturated/α-hetero) is 1. The van der Waals surface area contributed by atoms with Crippen molar-refractivity contribution in [3.8, 4) is 0 Å². The zero-order valence-electron chi connectivity index (χ0n) is 9.33. The first-order valence-corrected chi connectivity index (χ1v) is 5.75. The molecule has 0 bridgehead atoms. The van der Waals surface area contributed by atoms with E-state index in [9.17, 15) is 18.4 Å². The molecule has 0 aromatic carbocycles. The molecule has 0 aliphatic carbocycles. The Kier molecular flexibility index (Phi) is 4.28. The van der Waals surface area contributed by atoms with E-state index < -0.39 is 24.1 Å². The Morgan fingerprint density at radius 1 is 1.53 bits per heavy atom. The van der Waals surface area contributed by atoms with Crippen molar-refractivity contribution in [1.29, 1.82) is 0 Å². The minimum atomic E-state index is -4.10. The lowest BCUT2D eigenvalue weighted by Crippen LogP contribution is -2.40. The summed E-state index contributed by atoms with van der Waals surface area (Å²) in [4.78, 5) is 26.0. The van der Waals surface area contributed by atoms with Gasteiger partial charge >= 0.3 is 11.9 Å². The van der Waals surface area contributed by atoms with Crippen LogP contribution in [0, 0.1) is 6.92 Å². The molecule has 0 aliphatic rings. The van der Waals surface area contributed by atoms with Crippen LogP contribution in [0.2, 0.25) is 0 Å². The van der Waals surface area contributed by atoms with E-state index in [1.807, 2.05) is 0 Å². The molecule has 0 unspecified atom stereocenters. The molecule has 0 saturated carbocycles. The first-order valence-electron chi connectivity index (χ1n) is 4.87. The fourth-order valence-electron chi connectivity index (χ4n) is 1.07. The molecule has 0 N–H and O–H groups in total. The number of carbonyl (C=O) groups is 2. The second-order valence-electron chi connectivity index (χ2n) is 3.28. The molecule has 1 aromatic heterocycles. The van der Waals surface area contributed by atoms with Crippen LogP contribution in [0.15, 0.2) is 5.38 Å².